The minimum absolute atomic E-state index is 0.0648. The van der Waals surface area contributed by atoms with Gasteiger partial charge >= 0.3 is 0 Å². The van der Waals surface area contributed by atoms with Crippen molar-refractivity contribution in [2.45, 2.75) is 6.42 Å². The van der Waals surface area contributed by atoms with Gasteiger partial charge in [0.15, 0.2) is 11.6 Å². The second-order valence-electron chi connectivity index (χ2n) is 3.86. The first-order valence-corrected chi connectivity index (χ1v) is 5.61. The minimum atomic E-state index is -0.931. The van der Waals surface area contributed by atoms with Gasteiger partial charge in [-0.1, -0.05) is 0 Å². The van der Waals surface area contributed by atoms with Gasteiger partial charge in [-0.3, -0.25) is 4.79 Å². The maximum absolute atomic E-state index is 13.0. The molecule has 0 aliphatic carbocycles. The fourth-order valence-corrected chi connectivity index (χ4v) is 2.05. The van der Waals surface area contributed by atoms with Crippen LogP contribution in [0, 0.1) is 17.6 Å². The lowest BCUT2D eigenvalue weighted by atomic mass is 10.1. The maximum atomic E-state index is 13.0. The van der Waals surface area contributed by atoms with Gasteiger partial charge in [-0.2, -0.15) is 12.6 Å². The summed E-state index contributed by atoms with van der Waals surface area (Å²) in [7, 11) is 0. The Kier molecular flexibility index (Phi) is 3.14. The first-order valence-electron chi connectivity index (χ1n) is 4.98. The van der Waals surface area contributed by atoms with Crippen LogP contribution in [-0.4, -0.2) is 18.2 Å². The summed E-state index contributed by atoms with van der Waals surface area (Å²) in [6.45, 7) is 0.521. The van der Waals surface area contributed by atoms with Gasteiger partial charge in [-0.05, 0) is 23.8 Å². The predicted molar refractivity (Wildman–Crippen MR) is 60.7 cm³/mol. The Bertz CT molecular complexity index is 424. The molecule has 0 bridgehead atoms. The molecule has 0 radical (unpaired) electrons. The van der Waals surface area contributed by atoms with Crippen molar-refractivity contribution in [1.29, 1.82) is 0 Å². The molecule has 1 aliphatic rings. The lowest BCUT2D eigenvalue weighted by Gasteiger charge is -2.16. The van der Waals surface area contributed by atoms with E-state index in [2.05, 4.69) is 12.6 Å². The van der Waals surface area contributed by atoms with Gasteiger partial charge in [0.05, 0.1) is 0 Å². The summed E-state index contributed by atoms with van der Waals surface area (Å²) in [5.74, 6) is -1.10. The van der Waals surface area contributed by atoms with Gasteiger partial charge in [0.2, 0.25) is 5.91 Å². The van der Waals surface area contributed by atoms with Crippen LogP contribution >= 0.6 is 12.6 Å². The molecule has 1 aromatic carbocycles. The monoisotopic (exact) mass is 243 g/mol. The zero-order valence-corrected chi connectivity index (χ0v) is 9.38. The number of nitrogens with zero attached hydrogens (tertiary/aromatic N) is 1. The number of benzene rings is 1. The van der Waals surface area contributed by atoms with E-state index in [1.165, 1.54) is 11.0 Å². The summed E-state index contributed by atoms with van der Waals surface area (Å²) in [6, 6.07) is 3.50. The number of thiol groups is 1. The molecule has 1 aliphatic heterocycles. The summed E-state index contributed by atoms with van der Waals surface area (Å²) in [4.78, 5) is 13.1. The Balaban J connectivity index is 2.24. The summed E-state index contributed by atoms with van der Waals surface area (Å²) in [5.41, 5.74) is 0.410. The van der Waals surface area contributed by atoms with E-state index >= 15 is 0 Å². The fourth-order valence-electron chi connectivity index (χ4n) is 1.81. The van der Waals surface area contributed by atoms with Gasteiger partial charge < -0.3 is 4.90 Å². The first kappa shape index (κ1) is 11.4. The highest BCUT2D eigenvalue weighted by molar-refractivity contribution is 7.80. The summed E-state index contributed by atoms with van der Waals surface area (Å²) in [6.07, 6.45) is 0.419. The highest BCUT2D eigenvalue weighted by Gasteiger charge is 2.29. The van der Waals surface area contributed by atoms with Crippen LogP contribution in [0.25, 0.3) is 0 Å². The zero-order chi connectivity index (χ0) is 11.7. The molecular weight excluding hydrogens is 232 g/mol. The third-order valence-electron chi connectivity index (χ3n) is 2.68. The lowest BCUT2D eigenvalue weighted by molar-refractivity contribution is -0.117. The van der Waals surface area contributed by atoms with Crippen molar-refractivity contribution in [3.05, 3.63) is 29.8 Å². The smallest absolute Gasteiger partial charge is 0.227 e. The van der Waals surface area contributed by atoms with Crippen molar-refractivity contribution < 1.29 is 13.6 Å². The van der Waals surface area contributed by atoms with E-state index in [0.717, 1.165) is 12.1 Å². The van der Waals surface area contributed by atoms with Gasteiger partial charge in [-0.15, -0.1) is 0 Å². The fraction of sp³-hybridized carbons (Fsp3) is 0.364. The normalized spacial score (nSPS) is 20.6. The molecule has 86 valence electrons. The molecule has 0 saturated carbocycles. The maximum Gasteiger partial charge on any atom is 0.227 e. The molecule has 16 heavy (non-hydrogen) atoms. The number of amides is 1. The average molecular weight is 243 g/mol. The molecular formula is C11H11F2NOS. The SMILES string of the molecule is O=C1CC(CS)CN1c1ccc(F)c(F)c1. The quantitative estimate of drug-likeness (QED) is 0.790. The Morgan fingerprint density at radius 1 is 1.38 bits per heavy atom. The minimum Gasteiger partial charge on any atom is -0.312 e. The van der Waals surface area contributed by atoms with Crippen molar-refractivity contribution in [1.82, 2.24) is 0 Å². The van der Waals surface area contributed by atoms with E-state index in [1.807, 2.05) is 0 Å². The predicted octanol–water partition coefficient (Wildman–Crippen LogP) is 2.25. The summed E-state index contributed by atoms with van der Waals surface area (Å²) in [5, 5.41) is 0. The summed E-state index contributed by atoms with van der Waals surface area (Å²) >= 11 is 4.13. The topological polar surface area (TPSA) is 20.3 Å². The number of carbonyl (C=O) groups is 1. The first-order chi connectivity index (χ1) is 7.61. The molecule has 1 amide bonds. The van der Waals surface area contributed by atoms with E-state index in [0.29, 0.717) is 24.4 Å². The molecule has 1 heterocycles. The van der Waals surface area contributed by atoms with Crippen LogP contribution in [0.1, 0.15) is 6.42 Å². The molecule has 0 aromatic heterocycles. The third kappa shape index (κ3) is 2.04. The standard InChI is InChI=1S/C11H11F2NOS/c12-9-2-1-8(4-10(9)13)14-5-7(6-16)3-11(14)15/h1-2,4,7,16H,3,5-6H2. The Morgan fingerprint density at radius 3 is 2.69 bits per heavy atom. The lowest BCUT2D eigenvalue weighted by Crippen LogP contribution is -2.24. The molecule has 1 unspecified atom stereocenters. The number of anilines is 1. The Morgan fingerprint density at radius 2 is 2.12 bits per heavy atom. The third-order valence-corrected chi connectivity index (χ3v) is 3.19. The van der Waals surface area contributed by atoms with Crippen molar-refractivity contribution in [2.24, 2.45) is 5.92 Å². The molecule has 5 heteroatoms. The zero-order valence-electron chi connectivity index (χ0n) is 8.49. The molecule has 0 N–H and O–H groups in total. The highest BCUT2D eigenvalue weighted by Crippen LogP contribution is 2.26. The Labute approximate surface area is 97.7 Å². The number of rotatable bonds is 2. The number of hydrogen-bond donors (Lipinski definition) is 1. The van der Waals surface area contributed by atoms with Crippen molar-refractivity contribution in [3.8, 4) is 0 Å². The van der Waals surface area contributed by atoms with E-state index in [-0.39, 0.29) is 11.8 Å². The van der Waals surface area contributed by atoms with Crippen LogP contribution in [0.2, 0.25) is 0 Å². The average Bonchev–Trinajstić information content (AvgIpc) is 2.64. The number of halogens is 2. The number of hydrogen-bond acceptors (Lipinski definition) is 2. The molecule has 1 fully saturated rings. The highest BCUT2D eigenvalue weighted by atomic mass is 32.1. The van der Waals surface area contributed by atoms with Gasteiger partial charge in [0.25, 0.3) is 0 Å². The van der Waals surface area contributed by atoms with Crippen LogP contribution < -0.4 is 4.90 Å². The Hall–Kier alpha value is -1.10. The van der Waals surface area contributed by atoms with Crippen molar-refractivity contribution >= 4 is 24.2 Å². The van der Waals surface area contributed by atoms with Gasteiger partial charge in [-0.25, -0.2) is 8.78 Å². The molecule has 1 atom stereocenters. The van der Waals surface area contributed by atoms with Crippen LogP contribution in [0.4, 0.5) is 14.5 Å². The van der Waals surface area contributed by atoms with Gasteiger partial charge in [0, 0.05) is 24.7 Å². The molecule has 2 rings (SSSR count). The second-order valence-corrected chi connectivity index (χ2v) is 4.22. The number of carbonyl (C=O) groups excluding carboxylic acids is 1. The molecule has 1 saturated heterocycles. The van der Waals surface area contributed by atoms with E-state index in [9.17, 15) is 13.6 Å². The van der Waals surface area contributed by atoms with E-state index < -0.39 is 11.6 Å². The van der Waals surface area contributed by atoms with E-state index in [1.54, 1.807) is 0 Å². The van der Waals surface area contributed by atoms with Crippen LogP contribution in [0.5, 0.6) is 0 Å². The largest absolute Gasteiger partial charge is 0.312 e. The summed E-state index contributed by atoms with van der Waals surface area (Å²) < 4.78 is 25.7. The molecule has 1 aromatic rings. The molecule has 2 nitrogen and oxygen atoms in total. The van der Waals surface area contributed by atoms with Crippen LogP contribution in [0.15, 0.2) is 18.2 Å². The molecule has 0 spiro atoms. The van der Waals surface area contributed by atoms with Crippen LogP contribution in [-0.2, 0) is 4.79 Å². The van der Waals surface area contributed by atoms with E-state index in [4.69, 9.17) is 0 Å². The second kappa shape index (κ2) is 4.41. The van der Waals surface area contributed by atoms with Crippen molar-refractivity contribution in [3.63, 3.8) is 0 Å². The van der Waals surface area contributed by atoms with Gasteiger partial charge in [0.1, 0.15) is 0 Å². The van der Waals surface area contributed by atoms with Crippen molar-refractivity contribution in [2.75, 3.05) is 17.2 Å². The van der Waals surface area contributed by atoms with Crippen LogP contribution in [0.3, 0.4) is 0 Å².